The Balaban J connectivity index is 1.25. The van der Waals surface area contributed by atoms with Gasteiger partial charge in [-0.2, -0.15) is 0 Å². The lowest BCUT2D eigenvalue weighted by Crippen LogP contribution is -2.64. The lowest BCUT2D eigenvalue weighted by Gasteiger charge is -2.45. The van der Waals surface area contributed by atoms with Crippen LogP contribution in [0.1, 0.15) is 42.4 Å². The number of ether oxygens (including phenoxy) is 2. The predicted molar refractivity (Wildman–Crippen MR) is 188 cm³/mol. The first-order chi connectivity index (χ1) is 24.6. The maximum absolute atomic E-state index is 14.7. The number of rotatable bonds is 15. The number of nitrogens with zero attached hydrogens (tertiary/aromatic N) is 2. The number of nitrogens with one attached hydrogen (secondary N) is 1. The van der Waals surface area contributed by atoms with E-state index in [9.17, 15) is 33.8 Å². The van der Waals surface area contributed by atoms with Crippen LogP contribution in [-0.2, 0) is 36.9 Å². The fourth-order valence-corrected chi connectivity index (χ4v) is 7.15. The number of carboxylic acids is 1. The molecule has 1 aliphatic carbocycles. The van der Waals surface area contributed by atoms with Crippen molar-refractivity contribution < 1.29 is 43.3 Å². The molecule has 2 fully saturated rings. The second-order valence-corrected chi connectivity index (χ2v) is 13.9. The lowest BCUT2D eigenvalue weighted by molar-refractivity contribution is -0.170. The molecule has 0 radical (unpaired) electrons. The van der Waals surface area contributed by atoms with Gasteiger partial charge in [0.2, 0.25) is 6.10 Å². The molecule has 11 nitrogen and oxygen atoms in total. The maximum Gasteiger partial charge on any atom is 0.337 e. The molecule has 2 bridgehead atoms. The number of aryl methyl sites for hydroxylation is 1. The van der Waals surface area contributed by atoms with Gasteiger partial charge in [0.25, 0.3) is 18.3 Å². The van der Waals surface area contributed by atoms with E-state index in [2.05, 4.69) is 21.2 Å². The van der Waals surface area contributed by atoms with E-state index in [1.807, 2.05) is 59.5 Å². The third-order valence-electron chi connectivity index (χ3n) is 9.44. The molecule has 1 saturated heterocycles. The van der Waals surface area contributed by atoms with Crippen molar-refractivity contribution >= 4 is 45.8 Å². The highest BCUT2D eigenvalue weighted by Crippen LogP contribution is 2.38. The van der Waals surface area contributed by atoms with Crippen LogP contribution in [-0.4, -0.2) is 94.3 Å². The Hall–Kier alpha value is -4.59. The molecule has 13 heteroatoms. The Morgan fingerprint density at radius 1 is 1.04 bits per heavy atom. The van der Waals surface area contributed by atoms with Gasteiger partial charge in [0.05, 0.1) is 17.1 Å². The summed E-state index contributed by atoms with van der Waals surface area (Å²) in [5, 5.41) is 23.0. The molecule has 268 valence electrons. The number of aliphatic carboxylic acids is 1. The first-order valence-electron chi connectivity index (χ1n) is 16.9. The van der Waals surface area contributed by atoms with Crippen molar-refractivity contribution in [3.63, 3.8) is 0 Å². The third-order valence-corrected chi connectivity index (χ3v) is 10.1. The topological polar surface area (TPSA) is 146 Å². The molecule has 51 heavy (non-hydrogen) atoms. The second-order valence-electron chi connectivity index (χ2n) is 13.1. The summed E-state index contributed by atoms with van der Waals surface area (Å²) in [5.41, 5.74) is 4.35. The van der Waals surface area contributed by atoms with Crippen molar-refractivity contribution in [2.45, 2.75) is 69.0 Å². The molecule has 0 spiro atoms. The Labute approximate surface area is 303 Å². The van der Waals surface area contributed by atoms with Crippen LogP contribution in [0.2, 0.25) is 0 Å². The summed E-state index contributed by atoms with van der Waals surface area (Å²) >= 11 is 3.38. The smallest absolute Gasteiger partial charge is 0.337 e. The molecule has 2 aliphatic heterocycles. The van der Waals surface area contributed by atoms with Crippen LogP contribution in [0, 0.1) is 5.82 Å². The number of carbonyl (C=O) groups is 4. The van der Waals surface area contributed by atoms with E-state index in [0.29, 0.717) is 41.8 Å². The summed E-state index contributed by atoms with van der Waals surface area (Å²) in [7, 11) is 0. The third kappa shape index (κ3) is 8.66. The van der Waals surface area contributed by atoms with Gasteiger partial charge in [-0.15, -0.1) is 0 Å². The minimum absolute atomic E-state index is 0.00825. The molecule has 2 heterocycles. The van der Waals surface area contributed by atoms with Crippen LogP contribution < -0.4 is 10.1 Å². The van der Waals surface area contributed by atoms with Crippen molar-refractivity contribution in [1.29, 1.82) is 0 Å². The van der Waals surface area contributed by atoms with Crippen molar-refractivity contribution in [2.24, 2.45) is 0 Å². The predicted octanol–water partition coefficient (Wildman–Crippen LogP) is 4.10. The van der Waals surface area contributed by atoms with E-state index in [-0.39, 0.29) is 43.4 Å². The number of aliphatic hydroxyl groups is 1. The fourth-order valence-electron chi connectivity index (χ4n) is 6.79. The standard InChI is InChI=1S/C38H39BrFN3O8/c39-30-15-12-26(40)17-32(30)50-16-4-7-23-8-10-25(11-9-23)29-18-27-20-42(37(47)35(51-22-44)34(45)38(48)49)21-31(41-27)33(29)36(46)43(28-13-14-28)19-24-5-2-1-3-6-24/h1-3,5-6,8-12,15,17,22,27-28,31,34-35,41,45H,4,7,13-14,16,18-21H2,(H,48,49)/t27-,31-,34+,35+/m1/s1. The Morgan fingerprint density at radius 3 is 2.47 bits per heavy atom. The summed E-state index contributed by atoms with van der Waals surface area (Å²) in [6.07, 6.45) is -0.557. The summed E-state index contributed by atoms with van der Waals surface area (Å²) in [4.78, 5) is 54.1. The number of hydrogen-bond acceptors (Lipinski definition) is 8. The van der Waals surface area contributed by atoms with Gasteiger partial charge in [-0.1, -0.05) is 54.6 Å². The molecule has 6 rings (SSSR count). The lowest BCUT2D eigenvalue weighted by atomic mass is 9.82. The van der Waals surface area contributed by atoms with E-state index < -0.39 is 30.1 Å². The first kappa shape index (κ1) is 36.2. The van der Waals surface area contributed by atoms with Crippen molar-refractivity contribution in [3.05, 3.63) is 105 Å². The number of halogens is 2. The number of benzene rings is 3. The SMILES string of the molecule is O=CO[C@H](C(=O)N1C[C@H]2CC(c3ccc(CCCOc4cc(F)ccc4Br)cc3)=C(C(=O)N(Cc3ccccc3)C3CC3)[C@@H](C1)N2)[C@H](O)C(=O)O. The molecule has 3 aliphatic rings. The molecule has 0 aromatic heterocycles. The Bertz CT molecular complexity index is 1790. The zero-order valence-corrected chi connectivity index (χ0v) is 29.3. The van der Waals surface area contributed by atoms with Gasteiger partial charge >= 0.3 is 5.97 Å². The van der Waals surface area contributed by atoms with Gasteiger partial charge in [-0.25, -0.2) is 9.18 Å². The van der Waals surface area contributed by atoms with Crippen LogP contribution in [0.15, 0.2) is 82.8 Å². The number of aliphatic hydroxyl groups excluding tert-OH is 1. The zero-order valence-electron chi connectivity index (χ0n) is 27.8. The van der Waals surface area contributed by atoms with Crippen LogP contribution in [0.3, 0.4) is 0 Å². The number of fused-ring (bicyclic) bond motifs is 2. The Kier molecular flexibility index (Phi) is 11.5. The van der Waals surface area contributed by atoms with Crippen molar-refractivity contribution in [2.75, 3.05) is 19.7 Å². The van der Waals surface area contributed by atoms with Gasteiger partial charge in [0.1, 0.15) is 11.6 Å². The van der Waals surface area contributed by atoms with Crippen LogP contribution >= 0.6 is 15.9 Å². The maximum atomic E-state index is 14.7. The fraction of sp³-hybridized carbons (Fsp3) is 0.368. The Morgan fingerprint density at radius 2 is 1.78 bits per heavy atom. The van der Waals surface area contributed by atoms with E-state index in [1.54, 1.807) is 6.07 Å². The monoisotopic (exact) mass is 763 g/mol. The van der Waals surface area contributed by atoms with Crippen molar-refractivity contribution in [1.82, 2.24) is 15.1 Å². The average Bonchev–Trinajstić information content (AvgIpc) is 3.98. The number of piperazine rings is 1. The molecule has 1 saturated carbocycles. The second kappa shape index (κ2) is 16.2. The molecule has 3 aromatic rings. The molecule has 3 aromatic carbocycles. The van der Waals surface area contributed by atoms with E-state index in [0.717, 1.165) is 41.5 Å². The highest BCUT2D eigenvalue weighted by Gasteiger charge is 2.46. The van der Waals surface area contributed by atoms with Gasteiger partial charge in [0, 0.05) is 43.4 Å². The molecule has 3 N–H and O–H groups in total. The number of amides is 2. The van der Waals surface area contributed by atoms with Crippen LogP contribution in [0.25, 0.3) is 5.57 Å². The van der Waals surface area contributed by atoms with Gasteiger partial charge in [-0.3, -0.25) is 14.4 Å². The quantitative estimate of drug-likeness (QED) is 0.154. The van der Waals surface area contributed by atoms with E-state index >= 15 is 0 Å². The minimum atomic E-state index is -2.24. The molecule has 2 amide bonds. The van der Waals surface area contributed by atoms with Gasteiger partial charge in [0.15, 0.2) is 6.10 Å². The van der Waals surface area contributed by atoms with Gasteiger partial charge < -0.3 is 34.8 Å². The molecular weight excluding hydrogens is 725 g/mol. The average molecular weight is 765 g/mol. The zero-order chi connectivity index (χ0) is 36.1. The van der Waals surface area contributed by atoms with Crippen LogP contribution in [0.4, 0.5) is 4.39 Å². The van der Waals surface area contributed by atoms with E-state index in [1.165, 1.54) is 17.0 Å². The number of carboxylic acid groups (broad SMARTS) is 1. The summed E-state index contributed by atoms with van der Waals surface area (Å²) in [5.74, 6) is -2.60. The largest absolute Gasteiger partial charge is 0.492 e. The number of hydrogen-bond donors (Lipinski definition) is 3. The first-order valence-corrected chi connectivity index (χ1v) is 17.7. The van der Waals surface area contributed by atoms with E-state index in [4.69, 9.17) is 9.47 Å². The summed E-state index contributed by atoms with van der Waals surface area (Å²) < 4.78 is 24.8. The van der Waals surface area contributed by atoms with Gasteiger partial charge in [-0.05, 0) is 82.4 Å². The molecule has 0 unspecified atom stereocenters. The summed E-state index contributed by atoms with van der Waals surface area (Å²) in [6.45, 7) is 0.934. The normalized spacial score (nSPS) is 19.5. The number of carbonyl (C=O) groups excluding carboxylic acids is 3. The highest BCUT2D eigenvalue weighted by molar-refractivity contribution is 9.10. The molecular formula is C38H39BrFN3O8. The highest BCUT2D eigenvalue weighted by atomic mass is 79.9. The van der Waals surface area contributed by atoms with Crippen molar-refractivity contribution in [3.8, 4) is 5.75 Å². The van der Waals surface area contributed by atoms with Crippen LogP contribution in [0.5, 0.6) is 5.75 Å². The summed E-state index contributed by atoms with van der Waals surface area (Å²) in [6, 6.07) is 21.3. The minimum Gasteiger partial charge on any atom is -0.492 e. The molecule has 4 atom stereocenters.